The number of hydrogen-bond acceptors (Lipinski definition) is 3. The average Bonchev–Trinajstić information content (AvgIpc) is 2.39. The summed E-state index contributed by atoms with van der Waals surface area (Å²) in [6, 6.07) is 11.4. The van der Waals surface area contributed by atoms with Crippen LogP contribution >= 0.6 is 23.2 Å². The van der Waals surface area contributed by atoms with Crippen LogP contribution in [0.2, 0.25) is 10.0 Å². The lowest BCUT2D eigenvalue weighted by molar-refractivity contribution is 0.0981. The number of carbonyl (C=O) groups excluding carboxylic acids is 1. The molecule has 0 radical (unpaired) electrons. The molecule has 4 nitrogen and oxygen atoms in total. The van der Waals surface area contributed by atoms with Crippen molar-refractivity contribution in [3.8, 4) is 0 Å². The third-order valence-corrected chi connectivity index (χ3v) is 4.31. The van der Waals surface area contributed by atoms with Crippen LogP contribution in [0.15, 0.2) is 53.4 Å². The number of nitrogens with one attached hydrogen (secondary N) is 1. The van der Waals surface area contributed by atoms with Crippen LogP contribution in [0.1, 0.15) is 10.4 Å². The SMILES string of the molecule is O=C(NS(=O)(=O)c1ccc(Cl)cc1)c1ccc(Cl)cc1. The first-order valence-electron chi connectivity index (χ1n) is 5.47. The predicted molar refractivity (Wildman–Crippen MR) is 77.6 cm³/mol. The molecule has 0 saturated carbocycles. The van der Waals surface area contributed by atoms with Crippen LogP contribution in [0, 0.1) is 0 Å². The molecule has 7 heteroatoms. The van der Waals surface area contributed by atoms with E-state index in [2.05, 4.69) is 0 Å². The third-order valence-electron chi connectivity index (χ3n) is 2.46. The maximum Gasteiger partial charge on any atom is 0.264 e. The molecule has 0 aliphatic carbocycles. The minimum Gasteiger partial charge on any atom is -0.268 e. The Morgan fingerprint density at radius 3 is 1.80 bits per heavy atom. The largest absolute Gasteiger partial charge is 0.268 e. The molecule has 0 atom stereocenters. The summed E-state index contributed by atoms with van der Waals surface area (Å²) in [7, 11) is -3.93. The van der Waals surface area contributed by atoms with E-state index < -0.39 is 15.9 Å². The lowest BCUT2D eigenvalue weighted by atomic mass is 10.2. The lowest BCUT2D eigenvalue weighted by Gasteiger charge is -2.07. The van der Waals surface area contributed by atoms with Crippen molar-refractivity contribution in [2.45, 2.75) is 4.90 Å². The number of rotatable bonds is 3. The van der Waals surface area contributed by atoms with E-state index in [1.807, 2.05) is 4.72 Å². The van der Waals surface area contributed by atoms with E-state index in [4.69, 9.17) is 23.2 Å². The molecular weight excluding hydrogens is 321 g/mol. The summed E-state index contributed by atoms with van der Waals surface area (Å²) in [6.45, 7) is 0. The third kappa shape index (κ3) is 3.50. The quantitative estimate of drug-likeness (QED) is 0.940. The molecule has 2 aromatic rings. The van der Waals surface area contributed by atoms with Gasteiger partial charge >= 0.3 is 0 Å². The second kappa shape index (κ2) is 5.83. The summed E-state index contributed by atoms with van der Waals surface area (Å²) >= 11 is 11.4. The summed E-state index contributed by atoms with van der Waals surface area (Å²) in [5.74, 6) is -0.725. The van der Waals surface area contributed by atoms with E-state index in [-0.39, 0.29) is 10.5 Å². The summed E-state index contributed by atoms with van der Waals surface area (Å²) in [4.78, 5) is 11.8. The predicted octanol–water partition coefficient (Wildman–Crippen LogP) is 3.11. The van der Waals surface area contributed by atoms with Crippen LogP contribution in [-0.4, -0.2) is 14.3 Å². The fourth-order valence-electron chi connectivity index (χ4n) is 1.45. The maximum absolute atomic E-state index is 12.0. The summed E-state index contributed by atoms with van der Waals surface area (Å²) in [5, 5.41) is 0.870. The van der Waals surface area contributed by atoms with Gasteiger partial charge in [-0.3, -0.25) is 4.79 Å². The highest BCUT2D eigenvalue weighted by Gasteiger charge is 2.18. The van der Waals surface area contributed by atoms with Gasteiger partial charge in [0.15, 0.2) is 0 Å². The normalized spacial score (nSPS) is 11.1. The molecule has 0 unspecified atom stereocenters. The minimum absolute atomic E-state index is 0.0378. The Balaban J connectivity index is 2.22. The molecular formula is C13H9Cl2NO3S. The second-order valence-corrected chi connectivity index (χ2v) is 6.45. The Labute approximate surface area is 126 Å². The highest BCUT2D eigenvalue weighted by molar-refractivity contribution is 7.90. The number of hydrogen-bond donors (Lipinski definition) is 1. The Kier molecular flexibility index (Phi) is 4.32. The number of halogens is 2. The van der Waals surface area contributed by atoms with Crippen molar-refractivity contribution in [1.29, 1.82) is 0 Å². The van der Waals surface area contributed by atoms with Gasteiger partial charge in [-0.1, -0.05) is 23.2 Å². The molecule has 1 amide bonds. The van der Waals surface area contributed by atoms with Crippen molar-refractivity contribution in [3.63, 3.8) is 0 Å². The fourth-order valence-corrected chi connectivity index (χ4v) is 2.68. The standard InChI is InChI=1S/C13H9Cl2NO3S/c14-10-3-1-9(2-4-10)13(17)16-20(18,19)12-7-5-11(15)6-8-12/h1-8H,(H,16,17). The smallest absolute Gasteiger partial charge is 0.264 e. The highest BCUT2D eigenvalue weighted by Crippen LogP contribution is 2.15. The molecule has 0 bridgehead atoms. The van der Waals surface area contributed by atoms with E-state index in [0.717, 1.165) is 0 Å². The molecule has 0 heterocycles. The van der Waals surface area contributed by atoms with Gasteiger partial charge in [0.2, 0.25) is 0 Å². The molecule has 0 aliphatic heterocycles. The van der Waals surface area contributed by atoms with E-state index in [1.165, 1.54) is 48.5 Å². The first-order chi connectivity index (χ1) is 9.38. The lowest BCUT2D eigenvalue weighted by Crippen LogP contribution is -2.30. The Bertz CT molecular complexity index is 725. The van der Waals surface area contributed by atoms with Crippen LogP contribution in [0.3, 0.4) is 0 Å². The second-order valence-electron chi connectivity index (χ2n) is 3.90. The van der Waals surface area contributed by atoms with Gasteiger partial charge in [-0.05, 0) is 48.5 Å². The maximum atomic E-state index is 12.0. The van der Waals surface area contributed by atoms with Crippen molar-refractivity contribution < 1.29 is 13.2 Å². The Morgan fingerprint density at radius 1 is 0.850 bits per heavy atom. The number of carbonyl (C=O) groups is 1. The molecule has 0 aromatic heterocycles. The molecule has 0 saturated heterocycles. The first-order valence-corrected chi connectivity index (χ1v) is 7.71. The summed E-state index contributed by atoms with van der Waals surface area (Å²) < 4.78 is 26.0. The summed E-state index contributed by atoms with van der Waals surface area (Å²) in [5.41, 5.74) is 0.201. The number of sulfonamides is 1. The van der Waals surface area contributed by atoms with Crippen molar-refractivity contribution in [1.82, 2.24) is 4.72 Å². The molecule has 20 heavy (non-hydrogen) atoms. The zero-order chi connectivity index (χ0) is 14.8. The van der Waals surface area contributed by atoms with Crippen molar-refractivity contribution in [2.24, 2.45) is 0 Å². The number of amides is 1. The van der Waals surface area contributed by atoms with Crippen LogP contribution < -0.4 is 4.72 Å². The summed E-state index contributed by atoms with van der Waals surface area (Å²) in [6.07, 6.45) is 0. The zero-order valence-electron chi connectivity index (χ0n) is 10.0. The van der Waals surface area contributed by atoms with Crippen LogP contribution in [0.4, 0.5) is 0 Å². The Morgan fingerprint density at radius 2 is 1.30 bits per heavy atom. The highest BCUT2D eigenvalue weighted by atomic mass is 35.5. The first kappa shape index (κ1) is 14.8. The monoisotopic (exact) mass is 329 g/mol. The van der Waals surface area contributed by atoms with Crippen molar-refractivity contribution in [2.75, 3.05) is 0 Å². The Hall–Kier alpha value is -1.56. The topological polar surface area (TPSA) is 63.2 Å². The number of benzene rings is 2. The van der Waals surface area contributed by atoms with Gasteiger partial charge in [0.05, 0.1) is 4.90 Å². The van der Waals surface area contributed by atoms with Gasteiger partial charge in [-0.25, -0.2) is 13.1 Å². The molecule has 2 rings (SSSR count). The van der Waals surface area contributed by atoms with Gasteiger partial charge in [-0.2, -0.15) is 0 Å². The molecule has 0 spiro atoms. The van der Waals surface area contributed by atoms with Crippen molar-refractivity contribution >= 4 is 39.1 Å². The van der Waals surface area contributed by atoms with Crippen LogP contribution in [0.5, 0.6) is 0 Å². The molecule has 0 fully saturated rings. The average molecular weight is 330 g/mol. The minimum atomic E-state index is -3.93. The van der Waals surface area contributed by atoms with Gasteiger partial charge in [-0.15, -0.1) is 0 Å². The van der Waals surface area contributed by atoms with Crippen molar-refractivity contribution in [3.05, 3.63) is 64.1 Å². The molecule has 1 N–H and O–H groups in total. The molecule has 0 aliphatic rings. The zero-order valence-corrected chi connectivity index (χ0v) is 12.3. The van der Waals surface area contributed by atoms with E-state index >= 15 is 0 Å². The van der Waals surface area contributed by atoms with Gasteiger partial charge < -0.3 is 0 Å². The van der Waals surface area contributed by atoms with E-state index in [9.17, 15) is 13.2 Å². The van der Waals surface area contributed by atoms with Gasteiger partial charge in [0, 0.05) is 15.6 Å². The molecule has 104 valence electrons. The van der Waals surface area contributed by atoms with Gasteiger partial charge in [0.1, 0.15) is 0 Å². The van der Waals surface area contributed by atoms with Crippen LogP contribution in [0.25, 0.3) is 0 Å². The van der Waals surface area contributed by atoms with Gasteiger partial charge in [0.25, 0.3) is 15.9 Å². The van der Waals surface area contributed by atoms with E-state index in [1.54, 1.807) is 0 Å². The fraction of sp³-hybridized carbons (Fsp3) is 0. The molecule has 2 aromatic carbocycles. The van der Waals surface area contributed by atoms with Crippen LogP contribution in [-0.2, 0) is 10.0 Å². The van der Waals surface area contributed by atoms with E-state index in [0.29, 0.717) is 10.0 Å².